The second-order valence-electron chi connectivity index (χ2n) is 7.17. The van der Waals surface area contributed by atoms with Crippen molar-refractivity contribution >= 4 is 34.4 Å². The quantitative estimate of drug-likeness (QED) is 0.675. The number of rotatable bonds is 4. The molecule has 1 atom stereocenters. The molecule has 1 fully saturated rings. The Morgan fingerprint density at radius 2 is 1.97 bits per heavy atom. The van der Waals surface area contributed by atoms with E-state index in [0.717, 1.165) is 29.9 Å². The highest BCUT2D eigenvalue weighted by Crippen LogP contribution is 2.21. The molecule has 1 saturated heterocycles. The summed E-state index contributed by atoms with van der Waals surface area (Å²) in [6, 6.07) is 8.80. The maximum absolute atomic E-state index is 14.5. The van der Waals surface area contributed by atoms with E-state index in [1.54, 1.807) is 30.0 Å². The van der Waals surface area contributed by atoms with Gasteiger partial charge in [0.2, 0.25) is 0 Å². The minimum absolute atomic E-state index is 0.00865. The van der Waals surface area contributed by atoms with Gasteiger partial charge in [-0.1, -0.05) is 11.6 Å². The van der Waals surface area contributed by atoms with Gasteiger partial charge in [0.05, 0.1) is 22.6 Å². The molecule has 0 spiro atoms. The van der Waals surface area contributed by atoms with Crippen molar-refractivity contribution in [1.29, 1.82) is 0 Å². The first-order valence-corrected chi connectivity index (χ1v) is 9.85. The Balaban J connectivity index is 1.48. The van der Waals surface area contributed by atoms with Gasteiger partial charge in [-0.05, 0) is 56.2 Å². The summed E-state index contributed by atoms with van der Waals surface area (Å²) < 4.78 is 14.5. The number of halogens is 2. The summed E-state index contributed by atoms with van der Waals surface area (Å²) in [7, 11) is 0. The van der Waals surface area contributed by atoms with E-state index in [-0.39, 0.29) is 17.0 Å². The van der Waals surface area contributed by atoms with E-state index in [1.165, 1.54) is 12.1 Å². The normalized spacial score (nSPS) is 14.9. The van der Waals surface area contributed by atoms with E-state index in [4.69, 9.17) is 11.6 Å². The number of hydrogen-bond acceptors (Lipinski definition) is 3. The topological polar surface area (TPSA) is 78.1 Å². The van der Waals surface area contributed by atoms with Crippen molar-refractivity contribution in [3.63, 3.8) is 0 Å². The molecule has 0 unspecified atom stereocenters. The average molecular weight is 415 g/mol. The highest BCUT2D eigenvalue weighted by Gasteiger charge is 2.23. The lowest BCUT2D eigenvalue weighted by atomic mass is 10.1. The fourth-order valence-electron chi connectivity index (χ4n) is 3.48. The van der Waals surface area contributed by atoms with Crippen LogP contribution in [-0.2, 0) is 0 Å². The van der Waals surface area contributed by atoms with Crippen LogP contribution in [0.2, 0.25) is 5.02 Å². The lowest BCUT2D eigenvalue weighted by molar-refractivity contribution is 0.0787. The molecule has 8 heteroatoms. The predicted octanol–water partition coefficient (Wildman–Crippen LogP) is 4.08. The Morgan fingerprint density at radius 3 is 2.69 bits per heavy atom. The number of nitrogens with zero attached hydrogens (tertiary/aromatic N) is 2. The summed E-state index contributed by atoms with van der Waals surface area (Å²) in [6.07, 6.45) is 1.86. The van der Waals surface area contributed by atoms with Gasteiger partial charge in [0.15, 0.2) is 0 Å². The van der Waals surface area contributed by atoms with Crippen molar-refractivity contribution in [3.05, 3.63) is 64.2 Å². The smallest absolute Gasteiger partial charge is 0.256 e. The second kappa shape index (κ2) is 7.83. The van der Waals surface area contributed by atoms with Crippen LogP contribution in [0.15, 0.2) is 36.4 Å². The number of carbonyl (C=O) groups excluding carboxylic acids is 2. The van der Waals surface area contributed by atoms with Crippen molar-refractivity contribution in [1.82, 2.24) is 20.2 Å². The zero-order valence-electron chi connectivity index (χ0n) is 15.8. The molecule has 1 aliphatic rings. The lowest BCUT2D eigenvalue weighted by Crippen LogP contribution is -2.29. The zero-order valence-corrected chi connectivity index (χ0v) is 16.6. The molecule has 1 aliphatic heterocycles. The predicted molar refractivity (Wildman–Crippen MR) is 109 cm³/mol. The number of hydrogen-bond donors (Lipinski definition) is 2. The van der Waals surface area contributed by atoms with Crippen LogP contribution in [-0.4, -0.2) is 39.8 Å². The number of aromatic amines is 1. The van der Waals surface area contributed by atoms with Gasteiger partial charge in [0.1, 0.15) is 11.6 Å². The van der Waals surface area contributed by atoms with Crippen LogP contribution in [0, 0.1) is 5.82 Å². The molecular weight excluding hydrogens is 395 g/mol. The molecule has 2 aromatic carbocycles. The summed E-state index contributed by atoms with van der Waals surface area (Å²) in [5.74, 6) is -0.908. The molecule has 0 aliphatic carbocycles. The molecule has 0 bridgehead atoms. The number of fused-ring (bicyclic) bond motifs is 1. The number of H-pyrrole nitrogens is 1. The molecule has 6 nitrogen and oxygen atoms in total. The van der Waals surface area contributed by atoms with Gasteiger partial charge in [-0.15, -0.1) is 0 Å². The molecule has 29 heavy (non-hydrogen) atoms. The molecular formula is C21H20ClFN4O2. The third-order valence-corrected chi connectivity index (χ3v) is 5.31. The van der Waals surface area contributed by atoms with Gasteiger partial charge in [0.25, 0.3) is 11.8 Å². The SMILES string of the molecule is C[C@H](NC(=O)c1ccc(C(=O)N2CCCC2)c(F)c1)c1nc2ccc(Cl)cc2[nH]1. The van der Waals surface area contributed by atoms with E-state index >= 15 is 0 Å². The minimum atomic E-state index is -0.694. The molecule has 1 aromatic heterocycles. The number of nitrogens with one attached hydrogen (secondary N) is 2. The molecule has 2 amide bonds. The highest BCUT2D eigenvalue weighted by atomic mass is 35.5. The van der Waals surface area contributed by atoms with Crippen molar-refractivity contribution in [3.8, 4) is 0 Å². The first-order chi connectivity index (χ1) is 13.9. The fourth-order valence-corrected chi connectivity index (χ4v) is 3.65. The van der Waals surface area contributed by atoms with Gasteiger partial charge >= 0.3 is 0 Å². The summed E-state index contributed by atoms with van der Waals surface area (Å²) in [6.45, 7) is 3.06. The molecule has 2 N–H and O–H groups in total. The fraction of sp³-hybridized carbons (Fsp3) is 0.286. The number of carbonyl (C=O) groups is 2. The molecule has 150 valence electrons. The number of aromatic nitrogens is 2. The van der Waals surface area contributed by atoms with Crippen LogP contribution in [0.1, 0.15) is 52.3 Å². The molecule has 0 radical (unpaired) electrons. The summed E-state index contributed by atoms with van der Waals surface area (Å²) in [5, 5.41) is 3.38. The third-order valence-electron chi connectivity index (χ3n) is 5.07. The van der Waals surface area contributed by atoms with Gasteiger partial charge in [-0.3, -0.25) is 9.59 Å². The third kappa shape index (κ3) is 3.96. The van der Waals surface area contributed by atoms with Gasteiger partial charge < -0.3 is 15.2 Å². The van der Waals surface area contributed by atoms with Gasteiger partial charge in [0, 0.05) is 23.7 Å². The van der Waals surface area contributed by atoms with E-state index < -0.39 is 17.8 Å². The van der Waals surface area contributed by atoms with Crippen LogP contribution in [0.3, 0.4) is 0 Å². The second-order valence-corrected chi connectivity index (χ2v) is 7.61. The number of benzene rings is 2. The summed E-state index contributed by atoms with van der Waals surface area (Å²) in [4.78, 5) is 34.1. The van der Waals surface area contributed by atoms with Crippen LogP contribution in [0.4, 0.5) is 4.39 Å². The Labute approximate surface area is 172 Å². The van der Waals surface area contributed by atoms with Gasteiger partial charge in [-0.2, -0.15) is 0 Å². The Bertz CT molecular complexity index is 1090. The van der Waals surface area contributed by atoms with Crippen LogP contribution in [0.5, 0.6) is 0 Å². The Hall–Kier alpha value is -2.93. The molecule has 4 rings (SSSR count). The summed E-state index contributed by atoms with van der Waals surface area (Å²) >= 11 is 5.98. The lowest BCUT2D eigenvalue weighted by Gasteiger charge is -2.16. The molecule has 2 heterocycles. The van der Waals surface area contributed by atoms with E-state index in [1.807, 2.05) is 0 Å². The standard InChI is InChI=1S/C21H20ClFN4O2/c1-12(19-25-17-7-5-14(22)11-18(17)26-19)24-20(28)13-4-6-15(16(23)10-13)21(29)27-8-2-3-9-27/h4-7,10-12H,2-3,8-9H2,1H3,(H,24,28)(H,25,26)/t12-/m0/s1. The number of imidazole rings is 1. The first kappa shape index (κ1) is 19.4. The first-order valence-electron chi connectivity index (χ1n) is 9.47. The Kier molecular flexibility index (Phi) is 5.24. The van der Waals surface area contributed by atoms with Crippen molar-refractivity contribution in [2.75, 3.05) is 13.1 Å². The monoisotopic (exact) mass is 414 g/mol. The van der Waals surface area contributed by atoms with Crippen LogP contribution >= 0.6 is 11.6 Å². The zero-order chi connectivity index (χ0) is 20.5. The summed E-state index contributed by atoms with van der Waals surface area (Å²) in [5.41, 5.74) is 1.64. The van der Waals surface area contributed by atoms with E-state index in [9.17, 15) is 14.0 Å². The van der Waals surface area contributed by atoms with Crippen molar-refractivity contribution in [2.45, 2.75) is 25.8 Å². The van der Waals surface area contributed by atoms with Crippen molar-refractivity contribution < 1.29 is 14.0 Å². The average Bonchev–Trinajstić information content (AvgIpc) is 3.36. The van der Waals surface area contributed by atoms with Crippen LogP contribution in [0.25, 0.3) is 11.0 Å². The molecule has 0 saturated carbocycles. The Morgan fingerprint density at radius 1 is 1.21 bits per heavy atom. The minimum Gasteiger partial charge on any atom is -0.342 e. The van der Waals surface area contributed by atoms with E-state index in [0.29, 0.717) is 23.9 Å². The van der Waals surface area contributed by atoms with E-state index in [2.05, 4.69) is 15.3 Å². The number of likely N-dealkylation sites (tertiary alicyclic amines) is 1. The molecule has 3 aromatic rings. The van der Waals surface area contributed by atoms with Gasteiger partial charge in [-0.25, -0.2) is 9.37 Å². The maximum atomic E-state index is 14.5. The van der Waals surface area contributed by atoms with Crippen LogP contribution < -0.4 is 5.32 Å². The maximum Gasteiger partial charge on any atom is 0.256 e. The largest absolute Gasteiger partial charge is 0.342 e. The van der Waals surface area contributed by atoms with Crippen molar-refractivity contribution in [2.24, 2.45) is 0 Å². The highest BCUT2D eigenvalue weighted by molar-refractivity contribution is 6.31. The number of amides is 2.